The fourth-order valence-electron chi connectivity index (χ4n) is 1.24. The van der Waals surface area contributed by atoms with Gasteiger partial charge in [0.2, 0.25) is 10.0 Å². The highest BCUT2D eigenvalue weighted by Crippen LogP contribution is 2.13. The molecule has 4 N–H and O–H groups in total. The van der Waals surface area contributed by atoms with E-state index in [0.29, 0.717) is 19.6 Å². The summed E-state index contributed by atoms with van der Waals surface area (Å²) < 4.78 is 25.6. The molecular weight excluding hydrogens is 226 g/mol. The predicted molar refractivity (Wildman–Crippen MR) is 64.8 cm³/mol. The van der Waals surface area contributed by atoms with Gasteiger partial charge in [0.25, 0.3) is 0 Å². The van der Waals surface area contributed by atoms with Crippen molar-refractivity contribution in [3.63, 3.8) is 0 Å². The van der Waals surface area contributed by atoms with E-state index in [1.54, 1.807) is 31.2 Å². The normalized spacial score (nSPS) is 11.4. The zero-order chi connectivity index (χ0) is 12.0. The van der Waals surface area contributed by atoms with Crippen molar-refractivity contribution in [3.05, 3.63) is 24.3 Å². The molecule has 0 aliphatic carbocycles. The maximum Gasteiger partial charge on any atom is 0.240 e. The summed E-state index contributed by atoms with van der Waals surface area (Å²) in [5.41, 5.74) is 6.21. The van der Waals surface area contributed by atoms with Crippen LogP contribution in [0.2, 0.25) is 0 Å². The zero-order valence-corrected chi connectivity index (χ0v) is 10.0. The van der Waals surface area contributed by atoms with Crippen LogP contribution in [0.4, 0.5) is 5.69 Å². The van der Waals surface area contributed by atoms with Gasteiger partial charge in [-0.2, -0.15) is 0 Å². The van der Waals surface area contributed by atoms with E-state index in [1.165, 1.54) is 0 Å². The Morgan fingerprint density at radius 2 is 1.88 bits per heavy atom. The van der Waals surface area contributed by atoms with Gasteiger partial charge in [0.1, 0.15) is 0 Å². The van der Waals surface area contributed by atoms with Crippen molar-refractivity contribution < 1.29 is 8.42 Å². The number of sulfonamides is 1. The van der Waals surface area contributed by atoms with Crippen LogP contribution in [0.5, 0.6) is 0 Å². The van der Waals surface area contributed by atoms with Crippen LogP contribution in [0.3, 0.4) is 0 Å². The summed E-state index contributed by atoms with van der Waals surface area (Å²) in [6.07, 6.45) is 0. The first-order valence-corrected chi connectivity index (χ1v) is 6.62. The third-order valence-corrected chi connectivity index (χ3v) is 3.53. The van der Waals surface area contributed by atoms with Gasteiger partial charge in [-0.25, -0.2) is 13.1 Å². The first-order valence-electron chi connectivity index (χ1n) is 5.14. The van der Waals surface area contributed by atoms with Gasteiger partial charge in [0.05, 0.1) is 4.90 Å². The Kier molecular flexibility index (Phi) is 4.72. The SMILES string of the molecule is CCNS(=O)(=O)c1ccc(NCCN)cc1. The summed E-state index contributed by atoms with van der Waals surface area (Å²) in [4.78, 5) is 0.271. The average Bonchev–Trinajstić information content (AvgIpc) is 2.27. The summed E-state index contributed by atoms with van der Waals surface area (Å²) in [7, 11) is -3.35. The van der Waals surface area contributed by atoms with Crippen molar-refractivity contribution in [2.75, 3.05) is 25.0 Å². The Morgan fingerprint density at radius 1 is 1.25 bits per heavy atom. The van der Waals surface area contributed by atoms with E-state index in [1.807, 2.05) is 0 Å². The van der Waals surface area contributed by atoms with E-state index >= 15 is 0 Å². The molecule has 1 aromatic carbocycles. The largest absolute Gasteiger partial charge is 0.384 e. The minimum absolute atomic E-state index is 0.271. The fourth-order valence-corrected chi connectivity index (χ4v) is 2.28. The summed E-state index contributed by atoms with van der Waals surface area (Å²) >= 11 is 0. The van der Waals surface area contributed by atoms with Gasteiger partial charge in [-0.05, 0) is 24.3 Å². The molecule has 1 rings (SSSR count). The standard InChI is InChI=1S/C10H17N3O2S/c1-2-13-16(14,15)10-5-3-9(4-6-10)12-8-7-11/h3-6,12-13H,2,7-8,11H2,1H3. The van der Waals surface area contributed by atoms with Crippen LogP contribution in [0.25, 0.3) is 0 Å². The van der Waals surface area contributed by atoms with Crippen molar-refractivity contribution in [1.82, 2.24) is 4.72 Å². The third kappa shape index (κ3) is 3.48. The van der Waals surface area contributed by atoms with Gasteiger partial charge < -0.3 is 11.1 Å². The fraction of sp³-hybridized carbons (Fsp3) is 0.400. The van der Waals surface area contributed by atoms with Crippen molar-refractivity contribution in [3.8, 4) is 0 Å². The predicted octanol–water partition coefficient (Wildman–Crippen LogP) is 0.355. The summed E-state index contributed by atoms with van der Waals surface area (Å²) in [5.74, 6) is 0. The summed E-state index contributed by atoms with van der Waals surface area (Å²) in [6.45, 7) is 3.33. The van der Waals surface area contributed by atoms with Gasteiger partial charge >= 0.3 is 0 Å². The number of anilines is 1. The van der Waals surface area contributed by atoms with Crippen LogP contribution in [0, 0.1) is 0 Å². The van der Waals surface area contributed by atoms with E-state index < -0.39 is 10.0 Å². The van der Waals surface area contributed by atoms with Crippen LogP contribution >= 0.6 is 0 Å². The lowest BCUT2D eigenvalue weighted by molar-refractivity contribution is 0.584. The number of hydrogen-bond acceptors (Lipinski definition) is 4. The molecule has 1 aromatic rings. The van der Waals surface area contributed by atoms with Crippen LogP contribution in [0.15, 0.2) is 29.2 Å². The van der Waals surface area contributed by atoms with Crippen LogP contribution in [0.1, 0.15) is 6.92 Å². The Balaban J connectivity index is 2.78. The number of benzene rings is 1. The molecule has 0 amide bonds. The van der Waals surface area contributed by atoms with Crippen molar-refractivity contribution >= 4 is 15.7 Å². The topological polar surface area (TPSA) is 84.2 Å². The maximum atomic E-state index is 11.6. The molecule has 0 aliphatic rings. The molecule has 0 bridgehead atoms. The van der Waals surface area contributed by atoms with E-state index in [9.17, 15) is 8.42 Å². The molecule has 0 fully saturated rings. The monoisotopic (exact) mass is 243 g/mol. The molecule has 0 atom stereocenters. The minimum Gasteiger partial charge on any atom is -0.384 e. The van der Waals surface area contributed by atoms with Gasteiger partial charge in [0, 0.05) is 25.3 Å². The number of nitrogens with two attached hydrogens (primary N) is 1. The Bertz CT molecular complexity index is 414. The molecule has 6 heteroatoms. The number of hydrogen-bond donors (Lipinski definition) is 3. The summed E-state index contributed by atoms with van der Waals surface area (Å²) in [6, 6.07) is 6.58. The number of nitrogens with one attached hydrogen (secondary N) is 2. The van der Waals surface area contributed by atoms with Gasteiger partial charge in [-0.15, -0.1) is 0 Å². The zero-order valence-electron chi connectivity index (χ0n) is 9.23. The van der Waals surface area contributed by atoms with Crippen molar-refractivity contribution in [2.24, 2.45) is 5.73 Å². The van der Waals surface area contributed by atoms with E-state index in [4.69, 9.17) is 5.73 Å². The molecule has 0 radical (unpaired) electrons. The second-order valence-electron chi connectivity index (χ2n) is 3.24. The van der Waals surface area contributed by atoms with Crippen LogP contribution in [-0.2, 0) is 10.0 Å². The first kappa shape index (κ1) is 13.0. The molecular formula is C10H17N3O2S. The molecule has 5 nitrogen and oxygen atoms in total. The molecule has 90 valence electrons. The third-order valence-electron chi connectivity index (χ3n) is 1.97. The maximum absolute atomic E-state index is 11.6. The van der Waals surface area contributed by atoms with E-state index in [-0.39, 0.29) is 4.90 Å². The highest BCUT2D eigenvalue weighted by Gasteiger charge is 2.11. The van der Waals surface area contributed by atoms with Crippen LogP contribution < -0.4 is 15.8 Å². The highest BCUT2D eigenvalue weighted by atomic mass is 32.2. The van der Waals surface area contributed by atoms with Gasteiger partial charge in [-0.3, -0.25) is 0 Å². The molecule has 0 heterocycles. The average molecular weight is 243 g/mol. The minimum atomic E-state index is -3.35. The van der Waals surface area contributed by atoms with Crippen LogP contribution in [-0.4, -0.2) is 28.1 Å². The number of rotatable bonds is 6. The molecule has 0 saturated heterocycles. The highest BCUT2D eigenvalue weighted by molar-refractivity contribution is 7.89. The first-order chi connectivity index (χ1) is 7.60. The molecule has 0 aliphatic heterocycles. The Hall–Kier alpha value is -1.11. The lowest BCUT2D eigenvalue weighted by Gasteiger charge is -2.07. The van der Waals surface area contributed by atoms with Gasteiger partial charge in [0.15, 0.2) is 0 Å². The lowest BCUT2D eigenvalue weighted by atomic mass is 10.3. The molecule has 0 unspecified atom stereocenters. The van der Waals surface area contributed by atoms with Gasteiger partial charge in [-0.1, -0.05) is 6.92 Å². The quantitative estimate of drug-likeness (QED) is 0.673. The Labute approximate surface area is 96.1 Å². The molecule has 0 saturated carbocycles. The lowest BCUT2D eigenvalue weighted by Crippen LogP contribution is -2.23. The molecule has 0 spiro atoms. The smallest absolute Gasteiger partial charge is 0.240 e. The van der Waals surface area contributed by atoms with E-state index in [0.717, 1.165) is 5.69 Å². The Morgan fingerprint density at radius 3 is 2.38 bits per heavy atom. The molecule has 0 aromatic heterocycles. The van der Waals surface area contributed by atoms with E-state index in [2.05, 4.69) is 10.0 Å². The second-order valence-corrected chi connectivity index (χ2v) is 5.01. The van der Waals surface area contributed by atoms with Crippen molar-refractivity contribution in [2.45, 2.75) is 11.8 Å². The molecule has 16 heavy (non-hydrogen) atoms. The van der Waals surface area contributed by atoms with Crippen molar-refractivity contribution in [1.29, 1.82) is 0 Å². The second kappa shape index (κ2) is 5.83. The summed E-state index contributed by atoms with van der Waals surface area (Å²) in [5, 5.41) is 3.06.